The number of nitrogens with zero attached hydrogens (tertiary/aromatic N) is 2. The monoisotopic (exact) mass is 622 g/mol. The SMILES string of the molecule is c1ccc(C2(c3ccccc3)c3ccccc3-c3c2ccc2cc(-c4ccc(-c5ccc6ccc7cccnc7c6n5)cc4)ccc32)cc1. The minimum atomic E-state index is -0.393. The van der Waals surface area contributed by atoms with Crippen molar-refractivity contribution in [2.75, 3.05) is 0 Å². The van der Waals surface area contributed by atoms with Crippen molar-refractivity contribution in [3.8, 4) is 33.5 Å². The van der Waals surface area contributed by atoms with Crippen molar-refractivity contribution >= 4 is 32.6 Å². The van der Waals surface area contributed by atoms with Gasteiger partial charge in [-0.15, -0.1) is 0 Å². The lowest BCUT2D eigenvalue weighted by molar-refractivity contribution is 0.769. The maximum Gasteiger partial charge on any atom is 0.0972 e. The van der Waals surface area contributed by atoms with Crippen LogP contribution in [0.15, 0.2) is 182 Å². The lowest BCUT2D eigenvalue weighted by Gasteiger charge is -2.33. The van der Waals surface area contributed by atoms with E-state index in [9.17, 15) is 0 Å². The highest BCUT2D eigenvalue weighted by atomic mass is 14.7. The molecule has 0 saturated heterocycles. The number of rotatable bonds is 4. The van der Waals surface area contributed by atoms with Gasteiger partial charge in [0.2, 0.25) is 0 Å². The lowest BCUT2D eigenvalue weighted by Crippen LogP contribution is -2.28. The van der Waals surface area contributed by atoms with E-state index in [0.717, 1.165) is 33.1 Å². The average molecular weight is 623 g/mol. The first-order valence-corrected chi connectivity index (χ1v) is 16.8. The predicted octanol–water partition coefficient (Wildman–Crippen LogP) is 11.6. The number of aromatic nitrogens is 2. The van der Waals surface area contributed by atoms with Crippen molar-refractivity contribution in [1.82, 2.24) is 9.97 Å². The van der Waals surface area contributed by atoms with Gasteiger partial charge in [0.15, 0.2) is 0 Å². The summed E-state index contributed by atoms with van der Waals surface area (Å²) in [5, 5.41) is 4.72. The van der Waals surface area contributed by atoms with Crippen molar-refractivity contribution in [2.24, 2.45) is 0 Å². The molecule has 1 aliphatic rings. The highest BCUT2D eigenvalue weighted by Crippen LogP contribution is 2.57. The van der Waals surface area contributed by atoms with Crippen LogP contribution in [-0.4, -0.2) is 9.97 Å². The smallest absolute Gasteiger partial charge is 0.0972 e. The summed E-state index contributed by atoms with van der Waals surface area (Å²) in [4.78, 5) is 9.69. The summed E-state index contributed by atoms with van der Waals surface area (Å²) in [6.45, 7) is 0. The number of fused-ring (bicyclic) bond motifs is 8. The largest absolute Gasteiger partial charge is 0.254 e. The Balaban J connectivity index is 1.08. The normalized spacial score (nSPS) is 13.1. The summed E-state index contributed by atoms with van der Waals surface area (Å²) in [5.74, 6) is 0. The van der Waals surface area contributed by atoms with Gasteiger partial charge in [-0.3, -0.25) is 4.98 Å². The Morgan fingerprint density at radius 1 is 0.408 bits per heavy atom. The molecular weight excluding hydrogens is 593 g/mol. The van der Waals surface area contributed by atoms with Gasteiger partial charge in [-0.2, -0.15) is 0 Å². The Bertz CT molecular complexity index is 2660. The van der Waals surface area contributed by atoms with Crippen LogP contribution in [0.1, 0.15) is 22.3 Å². The summed E-state index contributed by atoms with van der Waals surface area (Å²) in [6.07, 6.45) is 1.84. The molecule has 1 aliphatic carbocycles. The molecule has 2 nitrogen and oxygen atoms in total. The summed E-state index contributed by atoms with van der Waals surface area (Å²) in [7, 11) is 0. The lowest BCUT2D eigenvalue weighted by atomic mass is 9.67. The maximum atomic E-state index is 5.06. The molecule has 228 valence electrons. The molecule has 9 aromatic rings. The quantitative estimate of drug-likeness (QED) is 0.183. The first-order valence-electron chi connectivity index (χ1n) is 16.8. The molecule has 0 saturated carbocycles. The zero-order chi connectivity index (χ0) is 32.4. The summed E-state index contributed by atoms with van der Waals surface area (Å²) in [6, 6.07) is 63.9. The zero-order valence-corrected chi connectivity index (χ0v) is 26.7. The molecule has 0 spiro atoms. The molecule has 7 aromatic carbocycles. The number of pyridine rings is 2. The van der Waals surface area contributed by atoms with E-state index in [1.165, 1.54) is 55.3 Å². The molecule has 0 atom stereocenters. The van der Waals surface area contributed by atoms with Gasteiger partial charge < -0.3 is 0 Å². The molecular formula is C47H30N2. The number of hydrogen-bond donors (Lipinski definition) is 0. The Hall–Kier alpha value is -6.38. The van der Waals surface area contributed by atoms with Crippen molar-refractivity contribution in [2.45, 2.75) is 5.41 Å². The van der Waals surface area contributed by atoms with Gasteiger partial charge in [0, 0.05) is 22.5 Å². The van der Waals surface area contributed by atoms with Crippen LogP contribution in [0.4, 0.5) is 0 Å². The molecule has 49 heavy (non-hydrogen) atoms. The maximum absolute atomic E-state index is 5.06. The summed E-state index contributed by atoms with van der Waals surface area (Å²) >= 11 is 0. The van der Waals surface area contributed by atoms with E-state index in [2.05, 4.69) is 175 Å². The van der Waals surface area contributed by atoms with Gasteiger partial charge in [-0.1, -0.05) is 158 Å². The molecule has 0 bridgehead atoms. The van der Waals surface area contributed by atoms with Crippen LogP contribution in [-0.2, 0) is 5.41 Å². The van der Waals surface area contributed by atoms with Gasteiger partial charge >= 0.3 is 0 Å². The first-order chi connectivity index (χ1) is 24.3. The van der Waals surface area contributed by atoms with E-state index in [-0.39, 0.29) is 0 Å². The standard InChI is InChI=1S/C47H30N2/c1-3-11-37(12-4-1)47(38-13-5-2-6-14-38)41-16-8-7-15-40(41)44-39-26-23-35(30-36(39)24-27-42(44)47)31-17-19-32(20-18-31)43-28-25-34-22-21-33-10-9-29-48-45(33)46(34)49-43/h1-30H. The Morgan fingerprint density at radius 3 is 1.82 bits per heavy atom. The van der Waals surface area contributed by atoms with Gasteiger partial charge in [0.25, 0.3) is 0 Å². The molecule has 0 N–H and O–H groups in total. The van der Waals surface area contributed by atoms with E-state index >= 15 is 0 Å². The van der Waals surface area contributed by atoms with Crippen LogP contribution in [0.5, 0.6) is 0 Å². The van der Waals surface area contributed by atoms with E-state index in [0.29, 0.717) is 0 Å². The van der Waals surface area contributed by atoms with Crippen LogP contribution in [0.25, 0.3) is 66.1 Å². The van der Waals surface area contributed by atoms with Crippen LogP contribution >= 0.6 is 0 Å². The number of benzene rings is 7. The fourth-order valence-corrected chi connectivity index (χ4v) is 8.17. The Labute approximate surface area is 285 Å². The Morgan fingerprint density at radius 2 is 1.04 bits per heavy atom. The van der Waals surface area contributed by atoms with Gasteiger partial charge in [-0.05, 0) is 73.5 Å². The van der Waals surface area contributed by atoms with Crippen molar-refractivity contribution < 1.29 is 0 Å². The van der Waals surface area contributed by atoms with Crippen LogP contribution < -0.4 is 0 Å². The Kier molecular flexibility index (Phi) is 6.13. The van der Waals surface area contributed by atoms with E-state index in [1.54, 1.807) is 0 Å². The van der Waals surface area contributed by atoms with Crippen LogP contribution in [0.2, 0.25) is 0 Å². The first kappa shape index (κ1) is 27.7. The fourth-order valence-electron chi connectivity index (χ4n) is 8.17. The second-order valence-corrected chi connectivity index (χ2v) is 12.9. The third kappa shape index (κ3) is 4.14. The predicted molar refractivity (Wildman–Crippen MR) is 203 cm³/mol. The molecule has 0 unspecified atom stereocenters. The van der Waals surface area contributed by atoms with Crippen molar-refractivity contribution in [3.05, 3.63) is 204 Å². The molecule has 2 heteroatoms. The average Bonchev–Trinajstić information content (AvgIpc) is 3.49. The minimum Gasteiger partial charge on any atom is -0.254 e. The molecule has 2 heterocycles. The summed E-state index contributed by atoms with van der Waals surface area (Å²) < 4.78 is 0. The van der Waals surface area contributed by atoms with E-state index < -0.39 is 5.41 Å². The molecule has 0 radical (unpaired) electrons. The minimum absolute atomic E-state index is 0.393. The molecule has 10 rings (SSSR count). The molecule has 2 aromatic heterocycles. The summed E-state index contributed by atoms with van der Waals surface area (Å²) in [5.41, 5.74) is 13.8. The molecule has 0 fully saturated rings. The van der Waals surface area contributed by atoms with Crippen molar-refractivity contribution in [1.29, 1.82) is 0 Å². The third-order valence-corrected chi connectivity index (χ3v) is 10.4. The van der Waals surface area contributed by atoms with Gasteiger partial charge in [0.05, 0.1) is 22.1 Å². The number of hydrogen-bond acceptors (Lipinski definition) is 2. The second kappa shape index (κ2) is 10.8. The molecule has 0 aliphatic heterocycles. The van der Waals surface area contributed by atoms with Crippen molar-refractivity contribution in [3.63, 3.8) is 0 Å². The molecule has 0 amide bonds. The van der Waals surface area contributed by atoms with E-state index in [4.69, 9.17) is 4.98 Å². The highest BCUT2D eigenvalue weighted by molar-refractivity contribution is 6.05. The zero-order valence-electron chi connectivity index (χ0n) is 26.7. The second-order valence-electron chi connectivity index (χ2n) is 12.9. The van der Waals surface area contributed by atoms with Crippen LogP contribution in [0, 0.1) is 0 Å². The fraction of sp³-hybridized carbons (Fsp3) is 0.0213. The topological polar surface area (TPSA) is 25.8 Å². The highest BCUT2D eigenvalue weighted by Gasteiger charge is 2.46. The van der Waals surface area contributed by atoms with E-state index in [1.807, 2.05) is 12.3 Å². The third-order valence-electron chi connectivity index (χ3n) is 10.4. The van der Waals surface area contributed by atoms with Gasteiger partial charge in [0.1, 0.15) is 0 Å². The van der Waals surface area contributed by atoms with Gasteiger partial charge in [-0.25, -0.2) is 4.98 Å². The van der Waals surface area contributed by atoms with Crippen LogP contribution in [0.3, 0.4) is 0 Å².